The Morgan fingerprint density at radius 1 is 1.20 bits per heavy atom. The van der Waals surface area contributed by atoms with Crippen LogP contribution in [0.3, 0.4) is 0 Å². The summed E-state index contributed by atoms with van der Waals surface area (Å²) in [7, 11) is 1.66. The standard InChI is InChI=1S/C16H26FNO2/c1-3-18-13-14(7-6-10-20-12-11-19-2)15-8-4-5-9-16(15)17/h4-5,8-9,14,18H,3,6-7,10-13H2,1-2H3. The average Bonchev–Trinajstić information content (AvgIpc) is 2.47. The Labute approximate surface area is 121 Å². The lowest BCUT2D eigenvalue weighted by atomic mass is 9.93. The van der Waals surface area contributed by atoms with Crippen molar-refractivity contribution in [3.63, 3.8) is 0 Å². The largest absolute Gasteiger partial charge is 0.382 e. The number of likely N-dealkylation sites (N-methyl/N-ethyl adjacent to an activating group) is 1. The summed E-state index contributed by atoms with van der Waals surface area (Å²) < 4.78 is 24.2. The second kappa shape index (κ2) is 10.8. The smallest absolute Gasteiger partial charge is 0.126 e. The number of ether oxygens (including phenoxy) is 2. The van der Waals surface area contributed by atoms with Crippen molar-refractivity contribution in [2.24, 2.45) is 0 Å². The van der Waals surface area contributed by atoms with Gasteiger partial charge >= 0.3 is 0 Å². The van der Waals surface area contributed by atoms with Gasteiger partial charge in [-0.05, 0) is 36.9 Å². The van der Waals surface area contributed by atoms with E-state index in [9.17, 15) is 4.39 Å². The van der Waals surface area contributed by atoms with E-state index >= 15 is 0 Å². The first kappa shape index (κ1) is 17.1. The van der Waals surface area contributed by atoms with Crippen LogP contribution in [0.4, 0.5) is 4.39 Å². The quantitative estimate of drug-likeness (QED) is 0.633. The molecule has 20 heavy (non-hydrogen) atoms. The van der Waals surface area contributed by atoms with Gasteiger partial charge in [0, 0.05) is 20.3 Å². The van der Waals surface area contributed by atoms with Crippen molar-refractivity contribution >= 4 is 0 Å². The maximum absolute atomic E-state index is 13.9. The predicted octanol–water partition coefficient (Wildman–Crippen LogP) is 2.96. The second-order valence-electron chi connectivity index (χ2n) is 4.77. The van der Waals surface area contributed by atoms with Crippen molar-refractivity contribution in [1.82, 2.24) is 5.32 Å². The number of nitrogens with one attached hydrogen (secondary N) is 1. The van der Waals surface area contributed by atoms with Gasteiger partial charge in [-0.15, -0.1) is 0 Å². The summed E-state index contributed by atoms with van der Waals surface area (Å²) in [5.74, 6) is 0.0814. The van der Waals surface area contributed by atoms with Crippen molar-refractivity contribution in [3.8, 4) is 0 Å². The molecular weight excluding hydrogens is 257 g/mol. The van der Waals surface area contributed by atoms with Crippen LogP contribution in [0.2, 0.25) is 0 Å². The zero-order chi connectivity index (χ0) is 14.6. The highest BCUT2D eigenvalue weighted by Gasteiger charge is 2.14. The predicted molar refractivity (Wildman–Crippen MR) is 79.6 cm³/mol. The Kier molecular flexibility index (Phi) is 9.20. The van der Waals surface area contributed by atoms with Gasteiger partial charge in [0.25, 0.3) is 0 Å². The van der Waals surface area contributed by atoms with Gasteiger partial charge in [0.2, 0.25) is 0 Å². The third-order valence-corrected chi connectivity index (χ3v) is 3.26. The lowest BCUT2D eigenvalue weighted by molar-refractivity contribution is 0.0681. The van der Waals surface area contributed by atoms with Crippen LogP contribution in [0, 0.1) is 5.82 Å². The molecule has 1 unspecified atom stereocenters. The molecule has 1 atom stereocenters. The topological polar surface area (TPSA) is 30.5 Å². The Morgan fingerprint density at radius 2 is 2.00 bits per heavy atom. The van der Waals surface area contributed by atoms with Crippen LogP contribution in [0.1, 0.15) is 31.2 Å². The summed E-state index contributed by atoms with van der Waals surface area (Å²) in [5.41, 5.74) is 0.797. The van der Waals surface area contributed by atoms with E-state index in [1.807, 2.05) is 12.1 Å². The fraction of sp³-hybridized carbons (Fsp3) is 0.625. The molecule has 0 amide bonds. The summed E-state index contributed by atoms with van der Waals surface area (Å²) >= 11 is 0. The molecule has 0 bridgehead atoms. The van der Waals surface area contributed by atoms with Gasteiger partial charge in [-0.3, -0.25) is 0 Å². The van der Waals surface area contributed by atoms with Crippen molar-refractivity contribution in [3.05, 3.63) is 35.6 Å². The van der Waals surface area contributed by atoms with Crippen LogP contribution < -0.4 is 5.32 Å². The van der Waals surface area contributed by atoms with Crippen molar-refractivity contribution in [1.29, 1.82) is 0 Å². The first-order valence-corrected chi connectivity index (χ1v) is 7.31. The molecule has 0 heterocycles. The summed E-state index contributed by atoms with van der Waals surface area (Å²) in [6.45, 7) is 5.69. The van der Waals surface area contributed by atoms with Crippen LogP contribution in [-0.2, 0) is 9.47 Å². The molecular formula is C16H26FNO2. The molecule has 114 valence electrons. The Bertz CT molecular complexity index is 360. The van der Waals surface area contributed by atoms with Gasteiger partial charge in [-0.1, -0.05) is 25.1 Å². The minimum Gasteiger partial charge on any atom is -0.382 e. The van der Waals surface area contributed by atoms with Gasteiger partial charge in [-0.25, -0.2) is 4.39 Å². The van der Waals surface area contributed by atoms with E-state index in [-0.39, 0.29) is 11.7 Å². The number of hydrogen-bond donors (Lipinski definition) is 1. The third kappa shape index (κ3) is 6.46. The maximum Gasteiger partial charge on any atom is 0.126 e. The highest BCUT2D eigenvalue weighted by atomic mass is 19.1. The molecule has 0 radical (unpaired) electrons. The molecule has 0 fully saturated rings. The Morgan fingerprint density at radius 3 is 2.70 bits per heavy atom. The lowest BCUT2D eigenvalue weighted by Crippen LogP contribution is -2.22. The molecule has 3 nitrogen and oxygen atoms in total. The molecule has 1 rings (SSSR count). The van der Waals surface area contributed by atoms with Gasteiger partial charge in [0.1, 0.15) is 5.82 Å². The summed E-state index contributed by atoms with van der Waals surface area (Å²) in [4.78, 5) is 0. The van der Waals surface area contributed by atoms with Crippen LogP contribution in [0.25, 0.3) is 0 Å². The Balaban J connectivity index is 2.42. The molecule has 4 heteroatoms. The molecule has 0 saturated carbocycles. The fourth-order valence-electron chi connectivity index (χ4n) is 2.17. The van der Waals surface area contributed by atoms with E-state index in [4.69, 9.17) is 9.47 Å². The first-order valence-electron chi connectivity index (χ1n) is 7.31. The van der Waals surface area contributed by atoms with Crippen LogP contribution >= 0.6 is 0 Å². The van der Waals surface area contributed by atoms with Crippen LogP contribution in [0.5, 0.6) is 0 Å². The zero-order valence-corrected chi connectivity index (χ0v) is 12.5. The lowest BCUT2D eigenvalue weighted by Gasteiger charge is -2.18. The molecule has 0 saturated heterocycles. The summed E-state index contributed by atoms with van der Waals surface area (Å²) in [5, 5.41) is 3.31. The highest BCUT2D eigenvalue weighted by molar-refractivity contribution is 5.22. The van der Waals surface area contributed by atoms with Crippen molar-refractivity contribution < 1.29 is 13.9 Å². The third-order valence-electron chi connectivity index (χ3n) is 3.26. The van der Waals surface area contributed by atoms with Gasteiger partial charge in [-0.2, -0.15) is 0 Å². The summed E-state index contributed by atoms with van der Waals surface area (Å²) in [6.07, 6.45) is 1.84. The number of methoxy groups -OCH3 is 1. The zero-order valence-electron chi connectivity index (χ0n) is 12.5. The first-order chi connectivity index (χ1) is 9.79. The number of halogens is 1. The minimum atomic E-state index is -0.115. The van der Waals surface area contributed by atoms with Crippen LogP contribution in [0.15, 0.2) is 24.3 Å². The van der Waals surface area contributed by atoms with Gasteiger partial charge in [0.05, 0.1) is 13.2 Å². The Hall–Kier alpha value is -0.970. The number of hydrogen-bond acceptors (Lipinski definition) is 3. The van der Waals surface area contributed by atoms with E-state index in [0.717, 1.165) is 31.5 Å². The summed E-state index contributed by atoms with van der Waals surface area (Å²) in [6, 6.07) is 7.04. The van der Waals surface area contributed by atoms with E-state index in [0.29, 0.717) is 19.8 Å². The van der Waals surface area contributed by atoms with E-state index in [1.54, 1.807) is 13.2 Å². The van der Waals surface area contributed by atoms with Gasteiger partial charge < -0.3 is 14.8 Å². The molecule has 0 aliphatic rings. The van der Waals surface area contributed by atoms with E-state index in [1.165, 1.54) is 6.07 Å². The molecule has 0 aliphatic carbocycles. The number of rotatable bonds is 11. The van der Waals surface area contributed by atoms with E-state index in [2.05, 4.69) is 12.2 Å². The minimum absolute atomic E-state index is 0.115. The fourth-order valence-corrected chi connectivity index (χ4v) is 2.17. The van der Waals surface area contributed by atoms with Gasteiger partial charge in [0.15, 0.2) is 0 Å². The average molecular weight is 283 g/mol. The molecule has 0 aromatic heterocycles. The SMILES string of the molecule is CCNCC(CCCOCCOC)c1ccccc1F. The normalized spacial score (nSPS) is 12.6. The molecule has 1 N–H and O–H groups in total. The van der Waals surface area contributed by atoms with E-state index < -0.39 is 0 Å². The molecule has 1 aromatic carbocycles. The second-order valence-corrected chi connectivity index (χ2v) is 4.77. The van der Waals surface area contributed by atoms with Crippen molar-refractivity contribution in [2.75, 3.05) is 40.0 Å². The highest BCUT2D eigenvalue weighted by Crippen LogP contribution is 2.23. The molecule has 0 aliphatic heterocycles. The molecule has 0 spiro atoms. The number of benzene rings is 1. The van der Waals surface area contributed by atoms with Crippen molar-refractivity contribution in [2.45, 2.75) is 25.7 Å². The monoisotopic (exact) mass is 283 g/mol. The molecule has 1 aromatic rings. The maximum atomic E-state index is 13.9. The van der Waals surface area contributed by atoms with Crippen LogP contribution in [-0.4, -0.2) is 40.0 Å².